The molecule has 2 aromatic carbocycles. The topological polar surface area (TPSA) is 80.8 Å². The van der Waals surface area contributed by atoms with E-state index in [9.17, 15) is 19.2 Å². The van der Waals surface area contributed by atoms with E-state index in [-0.39, 0.29) is 22.8 Å². The van der Waals surface area contributed by atoms with Crippen molar-refractivity contribution >= 4 is 23.6 Å². The molecule has 0 unspecified atom stereocenters. The summed E-state index contributed by atoms with van der Waals surface area (Å²) < 4.78 is 5.28. The number of carbonyl (C=O) groups is 4. The van der Waals surface area contributed by atoms with Crippen molar-refractivity contribution in [3.8, 4) is 0 Å². The van der Waals surface area contributed by atoms with Gasteiger partial charge >= 0.3 is 5.97 Å². The molecule has 6 heteroatoms. The van der Waals surface area contributed by atoms with Crippen LogP contribution in [0, 0.1) is 26.7 Å². The van der Waals surface area contributed by atoms with Crippen LogP contribution in [0.3, 0.4) is 0 Å². The number of nitrogens with zero attached hydrogens (tertiary/aromatic N) is 1. The minimum atomic E-state index is -1.11. The maximum atomic E-state index is 12.8. The van der Waals surface area contributed by atoms with Crippen LogP contribution in [0.4, 0.5) is 0 Å². The van der Waals surface area contributed by atoms with E-state index in [1.807, 2.05) is 26.8 Å². The van der Waals surface area contributed by atoms with Gasteiger partial charge in [-0.2, -0.15) is 0 Å². The number of aryl methyl sites for hydroxylation is 3. The lowest BCUT2D eigenvalue weighted by molar-refractivity contribution is -0.148. The summed E-state index contributed by atoms with van der Waals surface area (Å²) in [5.74, 6) is -2.52. The van der Waals surface area contributed by atoms with Crippen LogP contribution in [-0.4, -0.2) is 41.1 Å². The van der Waals surface area contributed by atoms with Gasteiger partial charge in [-0.05, 0) is 61.6 Å². The number of ketones is 1. The molecule has 0 fully saturated rings. The van der Waals surface area contributed by atoms with Crippen molar-refractivity contribution in [1.29, 1.82) is 0 Å². The van der Waals surface area contributed by atoms with E-state index in [1.54, 1.807) is 44.2 Å². The van der Waals surface area contributed by atoms with Gasteiger partial charge in [-0.25, -0.2) is 4.79 Å². The standard InChI is InChI=1S/C24H25NO5/c1-13(2)21(25-22(27)17-8-6-7-9-18(17)23(25)28)24(29)30-12-20(26)19-11-15(4)14(3)10-16(19)5/h6-11,13,21H,12H2,1-5H3/t21-/m1/s1. The summed E-state index contributed by atoms with van der Waals surface area (Å²) in [6, 6.07) is 9.05. The molecule has 1 heterocycles. The molecule has 2 aromatic rings. The Bertz CT molecular complexity index is 1020. The summed E-state index contributed by atoms with van der Waals surface area (Å²) in [4.78, 5) is 51.9. The van der Waals surface area contributed by atoms with Crippen molar-refractivity contribution in [3.05, 3.63) is 69.8 Å². The molecule has 1 aliphatic heterocycles. The Labute approximate surface area is 175 Å². The number of fused-ring (bicyclic) bond motifs is 1. The predicted molar refractivity (Wildman–Crippen MR) is 112 cm³/mol. The molecule has 0 N–H and O–H groups in total. The number of hydrogen-bond donors (Lipinski definition) is 0. The SMILES string of the molecule is Cc1cc(C)c(C(=O)COC(=O)[C@@H](C(C)C)N2C(=O)c3ccccc3C2=O)cc1C. The Morgan fingerprint density at radius 3 is 1.97 bits per heavy atom. The van der Waals surface area contributed by atoms with Crippen LogP contribution in [0.25, 0.3) is 0 Å². The van der Waals surface area contributed by atoms with Crippen molar-refractivity contribution in [2.45, 2.75) is 40.7 Å². The fourth-order valence-electron chi connectivity index (χ4n) is 3.70. The normalized spacial score (nSPS) is 14.1. The van der Waals surface area contributed by atoms with Crippen LogP contribution >= 0.6 is 0 Å². The molecule has 156 valence electrons. The third-order valence-electron chi connectivity index (χ3n) is 5.46. The lowest BCUT2D eigenvalue weighted by Crippen LogP contribution is -2.49. The molecule has 30 heavy (non-hydrogen) atoms. The summed E-state index contributed by atoms with van der Waals surface area (Å²) in [6.45, 7) is 8.71. The number of imide groups is 1. The van der Waals surface area contributed by atoms with E-state index in [0.717, 1.165) is 21.6 Å². The van der Waals surface area contributed by atoms with Crippen molar-refractivity contribution < 1.29 is 23.9 Å². The van der Waals surface area contributed by atoms with Crippen molar-refractivity contribution in [2.24, 2.45) is 5.92 Å². The maximum Gasteiger partial charge on any atom is 0.330 e. The van der Waals surface area contributed by atoms with Gasteiger partial charge in [0.2, 0.25) is 5.78 Å². The van der Waals surface area contributed by atoms with E-state index in [1.165, 1.54) is 0 Å². The molecule has 1 atom stereocenters. The Hall–Kier alpha value is -3.28. The highest BCUT2D eigenvalue weighted by atomic mass is 16.5. The first-order chi connectivity index (χ1) is 14.1. The molecule has 0 saturated heterocycles. The lowest BCUT2D eigenvalue weighted by Gasteiger charge is -2.27. The zero-order chi connectivity index (χ0) is 22.2. The molecule has 2 amide bonds. The van der Waals surface area contributed by atoms with Crippen LogP contribution < -0.4 is 0 Å². The number of ether oxygens (including phenoxy) is 1. The van der Waals surface area contributed by atoms with Gasteiger partial charge < -0.3 is 4.74 Å². The quantitative estimate of drug-likeness (QED) is 0.415. The van der Waals surface area contributed by atoms with Crippen LogP contribution in [0.2, 0.25) is 0 Å². The van der Waals surface area contributed by atoms with Gasteiger partial charge in [0, 0.05) is 5.56 Å². The average molecular weight is 407 g/mol. The second-order valence-electron chi connectivity index (χ2n) is 8.00. The van der Waals surface area contributed by atoms with Crippen molar-refractivity contribution in [1.82, 2.24) is 4.90 Å². The summed E-state index contributed by atoms with van der Waals surface area (Å²) in [5.41, 5.74) is 3.88. The van der Waals surface area contributed by atoms with Crippen LogP contribution in [0.15, 0.2) is 36.4 Å². The molecule has 0 bridgehead atoms. The van der Waals surface area contributed by atoms with Crippen LogP contribution in [-0.2, 0) is 9.53 Å². The maximum absolute atomic E-state index is 12.8. The molecule has 0 saturated carbocycles. The number of esters is 1. The van der Waals surface area contributed by atoms with Gasteiger partial charge in [0.15, 0.2) is 6.61 Å². The molecule has 0 aromatic heterocycles. The zero-order valence-electron chi connectivity index (χ0n) is 17.8. The fraction of sp³-hybridized carbons (Fsp3) is 0.333. The molecule has 0 aliphatic carbocycles. The van der Waals surface area contributed by atoms with Gasteiger partial charge in [-0.3, -0.25) is 19.3 Å². The number of amides is 2. The Morgan fingerprint density at radius 1 is 0.900 bits per heavy atom. The monoisotopic (exact) mass is 407 g/mol. The Kier molecular flexibility index (Phi) is 5.87. The lowest BCUT2D eigenvalue weighted by atomic mass is 9.98. The minimum absolute atomic E-state index is 0.266. The van der Waals surface area contributed by atoms with E-state index in [4.69, 9.17) is 4.74 Å². The first-order valence-electron chi connectivity index (χ1n) is 9.88. The molecular weight excluding hydrogens is 382 g/mol. The largest absolute Gasteiger partial charge is 0.456 e. The second-order valence-corrected chi connectivity index (χ2v) is 8.00. The van der Waals surface area contributed by atoms with Gasteiger partial charge in [0.05, 0.1) is 11.1 Å². The highest BCUT2D eigenvalue weighted by molar-refractivity contribution is 6.22. The number of rotatable bonds is 6. The predicted octanol–water partition coefficient (Wildman–Crippen LogP) is 3.66. The molecule has 6 nitrogen and oxygen atoms in total. The molecule has 0 radical (unpaired) electrons. The number of carbonyl (C=O) groups excluding carboxylic acids is 4. The van der Waals surface area contributed by atoms with E-state index in [0.29, 0.717) is 5.56 Å². The van der Waals surface area contributed by atoms with Gasteiger partial charge in [0.1, 0.15) is 6.04 Å². The fourth-order valence-corrected chi connectivity index (χ4v) is 3.70. The molecule has 0 spiro atoms. The Balaban J connectivity index is 1.78. The smallest absolute Gasteiger partial charge is 0.330 e. The average Bonchev–Trinajstić information content (AvgIpc) is 2.94. The Morgan fingerprint density at radius 2 is 1.43 bits per heavy atom. The highest BCUT2D eigenvalue weighted by Gasteiger charge is 2.44. The molecule has 3 rings (SSSR count). The first-order valence-corrected chi connectivity index (χ1v) is 9.88. The van der Waals surface area contributed by atoms with Gasteiger partial charge in [-0.1, -0.05) is 32.0 Å². The summed E-state index contributed by atoms with van der Waals surface area (Å²) in [6.07, 6.45) is 0. The number of hydrogen-bond acceptors (Lipinski definition) is 5. The summed E-state index contributed by atoms with van der Waals surface area (Å²) in [5, 5.41) is 0. The van der Waals surface area contributed by atoms with Crippen molar-refractivity contribution in [3.63, 3.8) is 0 Å². The zero-order valence-corrected chi connectivity index (χ0v) is 17.8. The third kappa shape index (κ3) is 3.77. The molecule has 1 aliphatic rings. The van der Waals surface area contributed by atoms with Crippen LogP contribution in [0.5, 0.6) is 0 Å². The van der Waals surface area contributed by atoms with Gasteiger partial charge in [0.25, 0.3) is 11.8 Å². The van der Waals surface area contributed by atoms with E-state index in [2.05, 4.69) is 0 Å². The molecular formula is C24H25NO5. The highest BCUT2D eigenvalue weighted by Crippen LogP contribution is 2.27. The van der Waals surface area contributed by atoms with Gasteiger partial charge in [-0.15, -0.1) is 0 Å². The first kappa shape index (κ1) is 21.4. The minimum Gasteiger partial charge on any atom is -0.456 e. The number of benzene rings is 2. The third-order valence-corrected chi connectivity index (χ3v) is 5.46. The van der Waals surface area contributed by atoms with Crippen molar-refractivity contribution in [2.75, 3.05) is 6.61 Å². The van der Waals surface area contributed by atoms with E-state index < -0.39 is 30.4 Å². The van der Waals surface area contributed by atoms with Crippen LogP contribution in [0.1, 0.15) is 61.6 Å². The summed E-state index contributed by atoms with van der Waals surface area (Å²) in [7, 11) is 0. The number of Topliss-reactive ketones (excluding diaryl/α,β-unsaturated/α-hetero) is 1. The second kappa shape index (κ2) is 8.22. The summed E-state index contributed by atoms with van der Waals surface area (Å²) >= 11 is 0. The van der Waals surface area contributed by atoms with E-state index >= 15 is 0 Å².